The van der Waals surface area contributed by atoms with Crippen molar-refractivity contribution in [2.45, 2.75) is 161 Å². The fraction of sp³-hybridized carbons (Fsp3) is 0.441. The molecule has 70 heavy (non-hydrogen) atoms. The molecule has 380 valence electrons. The zero-order chi connectivity index (χ0) is 51.6. The quantitative estimate of drug-likeness (QED) is 0.0521. The van der Waals surface area contributed by atoms with Gasteiger partial charge in [0, 0.05) is 29.5 Å². The minimum Gasteiger partial charge on any atom is -0.300 e. The lowest BCUT2D eigenvalue weighted by Crippen LogP contribution is -2.37. The number of hydrogen-bond donors (Lipinski definition) is 1. The monoisotopic (exact) mass is 1010 g/mol. The Labute approximate surface area is 420 Å². The Hall–Kier alpha value is -4.43. The summed E-state index contributed by atoms with van der Waals surface area (Å²) < 4.78 is 86.2. The number of halogens is 4. The Morgan fingerprint density at radius 1 is 0.557 bits per heavy atom. The van der Waals surface area contributed by atoms with Gasteiger partial charge in [-0.2, -0.15) is 8.42 Å². The first-order chi connectivity index (χ1) is 33.0. The van der Waals surface area contributed by atoms with Crippen LogP contribution in [0.3, 0.4) is 0 Å². The molecule has 0 saturated heterocycles. The third kappa shape index (κ3) is 18.3. The van der Waals surface area contributed by atoms with Crippen LogP contribution in [-0.2, 0) is 14.9 Å². The van der Waals surface area contributed by atoms with Gasteiger partial charge < -0.3 is 0 Å². The van der Waals surface area contributed by atoms with E-state index >= 15 is 0 Å². The molecule has 1 N–H and O–H groups in total. The maximum absolute atomic E-state index is 14.9. The van der Waals surface area contributed by atoms with Crippen molar-refractivity contribution in [3.05, 3.63) is 144 Å². The number of carbonyl (C=O) groups is 1. The van der Waals surface area contributed by atoms with Crippen molar-refractivity contribution in [2.75, 3.05) is 0 Å². The van der Waals surface area contributed by atoms with Crippen LogP contribution < -0.4 is 10.4 Å². The van der Waals surface area contributed by atoms with Gasteiger partial charge in [-0.1, -0.05) is 211 Å². The Morgan fingerprint density at radius 3 is 1.47 bits per heavy atom. The number of aryl methyl sites for hydroxylation is 1. The van der Waals surface area contributed by atoms with Crippen LogP contribution in [0, 0.1) is 42.0 Å². The van der Waals surface area contributed by atoms with Gasteiger partial charge in [-0.05, 0) is 85.8 Å². The first-order valence-corrected chi connectivity index (χ1v) is 33.9. The van der Waals surface area contributed by atoms with Crippen LogP contribution in [0.1, 0.15) is 121 Å². The molecule has 1 saturated carbocycles. The maximum Gasteiger partial charge on any atom is 0.294 e. The molecule has 0 radical (unpaired) electrons. The second-order valence-corrected chi connectivity index (χ2v) is 32.8. The van der Waals surface area contributed by atoms with E-state index in [1.807, 2.05) is 43.3 Å². The average molecular weight is 1020 g/mol. The summed E-state index contributed by atoms with van der Waals surface area (Å²) in [5.74, 6) is -0.958. The van der Waals surface area contributed by atoms with Gasteiger partial charge >= 0.3 is 0 Å². The van der Waals surface area contributed by atoms with Gasteiger partial charge in [-0.3, -0.25) is 9.35 Å². The van der Waals surface area contributed by atoms with Gasteiger partial charge in [0.2, 0.25) is 0 Å². The molecule has 1 fully saturated rings. The number of hydrogen-bond acceptors (Lipinski definition) is 3. The summed E-state index contributed by atoms with van der Waals surface area (Å²) >= 11 is 0. The molecule has 4 nitrogen and oxygen atoms in total. The van der Waals surface area contributed by atoms with Gasteiger partial charge in [0.1, 0.15) is 5.78 Å². The smallest absolute Gasteiger partial charge is 0.294 e. The van der Waals surface area contributed by atoms with Crippen molar-refractivity contribution in [3.63, 3.8) is 0 Å². The molecule has 5 aromatic rings. The highest BCUT2D eigenvalue weighted by Crippen LogP contribution is 2.36. The molecule has 0 bridgehead atoms. The summed E-state index contributed by atoms with van der Waals surface area (Å²) in [6.45, 7) is 19.9. The molecule has 2 aliphatic carbocycles. The van der Waals surface area contributed by atoms with Crippen LogP contribution in [0.5, 0.6) is 0 Å². The Balaban J connectivity index is 0.000000221. The average Bonchev–Trinajstić information content (AvgIpc) is 3.32. The molecule has 11 heteroatoms. The largest absolute Gasteiger partial charge is 0.300 e. The van der Waals surface area contributed by atoms with E-state index in [0.29, 0.717) is 34.0 Å². The summed E-state index contributed by atoms with van der Waals surface area (Å²) in [5, 5.41) is 2.63. The highest BCUT2D eigenvalue weighted by molar-refractivity contribution is 7.85. The minimum atomic E-state index is -4.02. The number of allylic oxidation sites excluding steroid dienone is 2. The van der Waals surface area contributed by atoms with E-state index in [9.17, 15) is 30.8 Å². The minimum absolute atomic E-state index is 0.0666. The lowest BCUT2D eigenvalue weighted by molar-refractivity contribution is -0.121. The number of benzene rings is 5. The zero-order valence-electron chi connectivity index (χ0n) is 43.2. The number of unbranched alkanes of at least 4 members (excludes halogenated alkanes) is 4. The van der Waals surface area contributed by atoms with Gasteiger partial charge in [-0.25, -0.2) is 17.6 Å². The van der Waals surface area contributed by atoms with E-state index in [1.165, 1.54) is 92.8 Å². The van der Waals surface area contributed by atoms with Crippen LogP contribution in [0.4, 0.5) is 17.6 Å². The standard InChI is InChI=1S/C26H34F2Si.C15H16F2Si.C11H20O.C7H8O3S/c1-5-6-7-8-19-9-11-20(12-10-19)23-17-18-24(26(28)25(23)27)21-13-15-22(16-14-21)29(2,3)4;1-18(2,3)12-9-7-11(8-10-12)13-5-4-6-14(16)15(13)17;1-2-3-4-5-10-6-8-11(12)9-7-10;1-6-2-4-7(5-3-6)11(8,9)10/h11,13-19H,5-10,12H2,1-4H3;4-10H,1-3H3;10H,2-9H2,1H3;2-5H,1H3,(H,8,9,10). The van der Waals surface area contributed by atoms with Crippen molar-refractivity contribution < 1.29 is 35.3 Å². The van der Waals surface area contributed by atoms with Crippen LogP contribution in [0.25, 0.3) is 27.8 Å². The second-order valence-electron chi connectivity index (χ2n) is 21.2. The molecule has 0 aromatic heterocycles. The molecule has 1 unspecified atom stereocenters. The predicted molar refractivity (Wildman–Crippen MR) is 291 cm³/mol. The number of ketones is 1. The summed E-state index contributed by atoms with van der Waals surface area (Å²) in [6.07, 6.45) is 19.6. The molecule has 0 spiro atoms. The van der Waals surface area contributed by atoms with Crippen LogP contribution in [0.15, 0.2) is 114 Å². The van der Waals surface area contributed by atoms with Crippen LogP contribution >= 0.6 is 0 Å². The van der Waals surface area contributed by atoms with E-state index in [2.05, 4.69) is 71.3 Å². The lowest BCUT2D eigenvalue weighted by Gasteiger charge is -2.22. The molecule has 0 aliphatic heterocycles. The Bertz CT molecular complexity index is 2550. The summed E-state index contributed by atoms with van der Waals surface area (Å²) in [4.78, 5) is 10.9. The fourth-order valence-electron chi connectivity index (χ4n) is 8.81. The third-order valence-electron chi connectivity index (χ3n) is 13.4. The molecule has 1 atom stereocenters. The lowest BCUT2D eigenvalue weighted by atomic mass is 9.83. The van der Waals surface area contributed by atoms with E-state index in [1.54, 1.807) is 30.3 Å². The van der Waals surface area contributed by atoms with Gasteiger partial charge in [0.15, 0.2) is 23.3 Å². The van der Waals surface area contributed by atoms with E-state index in [-0.39, 0.29) is 4.90 Å². The number of Topliss-reactive ketones (excluding diaryl/α,β-unsaturated/α-hetero) is 1. The van der Waals surface area contributed by atoms with Crippen molar-refractivity contribution in [1.82, 2.24) is 0 Å². The number of rotatable bonds is 14. The van der Waals surface area contributed by atoms with E-state index < -0.39 is 49.5 Å². The van der Waals surface area contributed by atoms with Crippen molar-refractivity contribution in [3.8, 4) is 22.3 Å². The van der Waals surface area contributed by atoms with Gasteiger partial charge in [-0.15, -0.1) is 0 Å². The van der Waals surface area contributed by atoms with Gasteiger partial charge in [0.05, 0.1) is 21.0 Å². The SMILES string of the molecule is CCCCCC1CC=C(c2ccc(-c3ccc([Si](C)(C)C)cc3)c(F)c2F)CC1.CCCCCC1CCC(=O)CC1.C[Si](C)(C)c1ccc(-c2cccc(F)c2F)cc1.Cc1ccc(S(=O)(=O)O)cc1. The van der Waals surface area contributed by atoms with Crippen molar-refractivity contribution >= 4 is 48.0 Å². The Morgan fingerprint density at radius 2 is 1.01 bits per heavy atom. The first-order valence-electron chi connectivity index (χ1n) is 25.4. The summed E-state index contributed by atoms with van der Waals surface area (Å²) in [7, 11) is -6.77. The molecule has 0 heterocycles. The van der Waals surface area contributed by atoms with E-state index in [0.717, 1.165) is 60.8 Å². The topological polar surface area (TPSA) is 71.4 Å². The van der Waals surface area contributed by atoms with Crippen molar-refractivity contribution in [2.24, 2.45) is 11.8 Å². The molecule has 7 rings (SSSR count). The van der Waals surface area contributed by atoms with Crippen molar-refractivity contribution in [1.29, 1.82) is 0 Å². The molecule has 5 aromatic carbocycles. The highest BCUT2D eigenvalue weighted by Gasteiger charge is 2.23. The molecule has 2 aliphatic rings. The predicted octanol–water partition coefficient (Wildman–Crippen LogP) is 16.7. The fourth-order valence-corrected chi connectivity index (χ4v) is 11.6. The Kier molecular flexibility index (Phi) is 22.8. The maximum atomic E-state index is 14.9. The number of carbonyl (C=O) groups excluding carboxylic acids is 1. The normalized spacial score (nSPS) is 15.4. The summed E-state index contributed by atoms with van der Waals surface area (Å²) in [5.41, 5.74) is 4.49. The highest BCUT2D eigenvalue weighted by atomic mass is 32.2. The zero-order valence-corrected chi connectivity index (χ0v) is 46.1. The van der Waals surface area contributed by atoms with Crippen LogP contribution in [-0.4, -0.2) is 34.9 Å². The molecular weight excluding hydrogens is 937 g/mol. The molecule has 0 amide bonds. The summed E-state index contributed by atoms with van der Waals surface area (Å²) in [6, 6.07) is 29.5. The third-order valence-corrected chi connectivity index (χ3v) is 18.4. The second kappa shape index (κ2) is 27.4. The van der Waals surface area contributed by atoms with Gasteiger partial charge in [0.25, 0.3) is 10.1 Å². The van der Waals surface area contributed by atoms with E-state index in [4.69, 9.17) is 4.55 Å². The molecular formula is C59H78F4O4SSi2. The first kappa shape index (κ1) is 58.1. The van der Waals surface area contributed by atoms with Crippen LogP contribution in [0.2, 0.25) is 39.3 Å².